The van der Waals surface area contributed by atoms with Crippen molar-refractivity contribution in [1.82, 2.24) is 0 Å². The highest BCUT2D eigenvalue weighted by Gasteiger charge is 2.14. The minimum absolute atomic E-state index is 0.189. The molecule has 142 valence electrons. The van der Waals surface area contributed by atoms with Gasteiger partial charge in [-0.2, -0.15) is 5.26 Å². The van der Waals surface area contributed by atoms with Crippen LogP contribution in [-0.4, -0.2) is 31.6 Å². The normalized spacial score (nSPS) is 10.5. The Balaban J connectivity index is 2.21. The number of carbonyl (C=O) groups excluding carboxylic acids is 3. The average molecular weight is 378 g/mol. The summed E-state index contributed by atoms with van der Waals surface area (Å²) in [5.41, 5.74) is 1.19. The Morgan fingerprint density at radius 3 is 2.36 bits per heavy atom. The van der Waals surface area contributed by atoms with Gasteiger partial charge in [-0.05, 0) is 48.9 Å². The maximum Gasteiger partial charge on any atom is 0.338 e. The van der Waals surface area contributed by atoms with E-state index in [4.69, 9.17) is 9.47 Å². The monoisotopic (exact) mass is 378 g/mol. The topological polar surface area (TPSA) is 105 Å². The molecule has 0 aliphatic heterocycles. The molecule has 7 heteroatoms. The number of hydrogen-bond donors (Lipinski definition) is 1. The Labute approximate surface area is 162 Å². The minimum Gasteiger partial charge on any atom is -0.465 e. The number of benzene rings is 2. The molecular formula is C21H18N2O5. The van der Waals surface area contributed by atoms with Crippen LogP contribution in [-0.2, 0) is 14.3 Å². The highest BCUT2D eigenvalue weighted by Crippen LogP contribution is 2.16. The van der Waals surface area contributed by atoms with Crippen molar-refractivity contribution in [2.75, 3.05) is 19.0 Å². The first kappa shape index (κ1) is 20.4. The van der Waals surface area contributed by atoms with Crippen LogP contribution < -0.4 is 5.32 Å². The first-order valence-corrected chi connectivity index (χ1v) is 8.37. The van der Waals surface area contributed by atoms with Gasteiger partial charge in [0.05, 0.1) is 24.8 Å². The SMILES string of the molecule is CCOC(=O)c1ccc(NC(=O)/C(C#N)=C/c2ccccc2C(=O)OC)cc1. The first-order valence-electron chi connectivity index (χ1n) is 8.37. The van der Waals surface area contributed by atoms with Crippen LogP contribution in [0.1, 0.15) is 33.2 Å². The van der Waals surface area contributed by atoms with Crippen molar-refractivity contribution >= 4 is 29.6 Å². The zero-order valence-electron chi connectivity index (χ0n) is 15.4. The van der Waals surface area contributed by atoms with Crippen molar-refractivity contribution in [2.24, 2.45) is 0 Å². The second kappa shape index (κ2) is 9.69. The molecule has 0 radical (unpaired) electrons. The quantitative estimate of drug-likeness (QED) is 0.470. The van der Waals surface area contributed by atoms with Gasteiger partial charge in [0.25, 0.3) is 5.91 Å². The van der Waals surface area contributed by atoms with E-state index >= 15 is 0 Å². The minimum atomic E-state index is -0.647. The van der Waals surface area contributed by atoms with Gasteiger partial charge in [0.15, 0.2) is 0 Å². The van der Waals surface area contributed by atoms with Gasteiger partial charge in [-0.15, -0.1) is 0 Å². The lowest BCUT2D eigenvalue weighted by molar-refractivity contribution is -0.112. The van der Waals surface area contributed by atoms with Gasteiger partial charge in [-0.25, -0.2) is 9.59 Å². The molecular weight excluding hydrogens is 360 g/mol. The number of amides is 1. The molecule has 0 atom stereocenters. The summed E-state index contributed by atoms with van der Waals surface area (Å²) in [5, 5.41) is 11.9. The van der Waals surface area contributed by atoms with Gasteiger partial charge in [-0.3, -0.25) is 4.79 Å². The van der Waals surface area contributed by atoms with Gasteiger partial charge >= 0.3 is 11.9 Å². The van der Waals surface area contributed by atoms with Crippen molar-refractivity contribution in [3.05, 3.63) is 70.8 Å². The number of rotatable bonds is 6. The molecule has 7 nitrogen and oxygen atoms in total. The highest BCUT2D eigenvalue weighted by atomic mass is 16.5. The predicted octanol–water partition coefficient (Wildman–Crippen LogP) is 3.20. The van der Waals surface area contributed by atoms with E-state index < -0.39 is 17.8 Å². The van der Waals surface area contributed by atoms with Crippen LogP contribution >= 0.6 is 0 Å². The third-order valence-electron chi connectivity index (χ3n) is 3.68. The molecule has 0 bridgehead atoms. The van der Waals surface area contributed by atoms with Gasteiger partial charge in [0.2, 0.25) is 0 Å². The van der Waals surface area contributed by atoms with Crippen LogP contribution in [0.2, 0.25) is 0 Å². The number of carbonyl (C=O) groups is 3. The molecule has 0 saturated carbocycles. The molecule has 1 N–H and O–H groups in total. The molecule has 0 saturated heterocycles. The molecule has 0 aliphatic rings. The zero-order chi connectivity index (χ0) is 20.5. The number of anilines is 1. The van der Waals surface area contributed by atoms with Crippen LogP contribution in [0.4, 0.5) is 5.69 Å². The maximum atomic E-state index is 12.4. The molecule has 0 unspecified atom stereocenters. The summed E-state index contributed by atoms with van der Waals surface area (Å²) in [6.45, 7) is 1.97. The standard InChI is InChI=1S/C21H18N2O5/c1-3-28-20(25)14-8-10-17(11-9-14)23-19(24)16(13-22)12-15-6-4-5-7-18(15)21(26)27-2/h4-12H,3H2,1-2H3,(H,23,24)/b16-12+. The van der Waals surface area contributed by atoms with Crippen LogP contribution in [0, 0.1) is 11.3 Å². The summed E-state index contributed by atoms with van der Waals surface area (Å²) in [4.78, 5) is 35.9. The lowest BCUT2D eigenvalue weighted by Gasteiger charge is -2.07. The summed E-state index contributed by atoms with van der Waals surface area (Å²) in [6.07, 6.45) is 1.31. The molecule has 0 spiro atoms. The summed E-state index contributed by atoms with van der Waals surface area (Å²) < 4.78 is 9.60. The number of ether oxygens (including phenoxy) is 2. The van der Waals surface area contributed by atoms with E-state index in [0.29, 0.717) is 16.8 Å². The largest absolute Gasteiger partial charge is 0.465 e. The predicted molar refractivity (Wildman–Crippen MR) is 102 cm³/mol. The molecule has 0 aliphatic carbocycles. The van der Waals surface area contributed by atoms with E-state index in [1.54, 1.807) is 31.2 Å². The maximum absolute atomic E-state index is 12.4. The van der Waals surface area contributed by atoms with Crippen LogP contribution in [0.5, 0.6) is 0 Å². The number of hydrogen-bond acceptors (Lipinski definition) is 6. The van der Waals surface area contributed by atoms with E-state index in [2.05, 4.69) is 5.32 Å². The molecule has 2 aromatic carbocycles. The first-order chi connectivity index (χ1) is 13.5. The van der Waals surface area contributed by atoms with Gasteiger partial charge < -0.3 is 14.8 Å². The second-order valence-electron chi connectivity index (χ2n) is 5.50. The van der Waals surface area contributed by atoms with Crippen molar-refractivity contribution in [3.63, 3.8) is 0 Å². The van der Waals surface area contributed by atoms with E-state index in [9.17, 15) is 19.6 Å². The molecule has 2 rings (SSSR count). The Morgan fingerprint density at radius 1 is 1.07 bits per heavy atom. The fraction of sp³-hybridized carbons (Fsp3) is 0.143. The molecule has 0 heterocycles. The third kappa shape index (κ3) is 5.05. The number of esters is 2. The van der Waals surface area contributed by atoms with Gasteiger partial charge in [0, 0.05) is 5.69 Å². The summed E-state index contributed by atoms with van der Waals surface area (Å²) in [6, 6.07) is 14.4. The molecule has 1 amide bonds. The number of nitriles is 1. The fourth-order valence-electron chi connectivity index (χ4n) is 2.33. The second-order valence-corrected chi connectivity index (χ2v) is 5.50. The van der Waals surface area contributed by atoms with Crippen LogP contribution in [0.15, 0.2) is 54.1 Å². The van der Waals surface area contributed by atoms with Crippen LogP contribution in [0.3, 0.4) is 0 Å². The summed E-state index contributed by atoms with van der Waals surface area (Å²) >= 11 is 0. The van der Waals surface area contributed by atoms with E-state index in [1.807, 2.05) is 6.07 Å². The summed E-state index contributed by atoms with van der Waals surface area (Å²) in [7, 11) is 1.25. The Morgan fingerprint density at radius 2 is 1.75 bits per heavy atom. The number of methoxy groups -OCH3 is 1. The van der Waals surface area contributed by atoms with Crippen LogP contribution in [0.25, 0.3) is 6.08 Å². The smallest absolute Gasteiger partial charge is 0.338 e. The molecule has 0 aromatic heterocycles. The average Bonchev–Trinajstić information content (AvgIpc) is 2.72. The Kier molecular flexibility index (Phi) is 7.06. The molecule has 0 fully saturated rings. The van der Waals surface area contributed by atoms with Crippen molar-refractivity contribution in [2.45, 2.75) is 6.92 Å². The number of nitrogens with one attached hydrogen (secondary N) is 1. The Bertz CT molecular complexity index is 956. The molecule has 2 aromatic rings. The van der Waals surface area contributed by atoms with Gasteiger partial charge in [-0.1, -0.05) is 18.2 Å². The Hall–Kier alpha value is -3.92. The van der Waals surface area contributed by atoms with E-state index in [0.717, 1.165) is 0 Å². The zero-order valence-corrected chi connectivity index (χ0v) is 15.4. The van der Waals surface area contributed by atoms with Crippen molar-refractivity contribution < 1.29 is 23.9 Å². The lowest BCUT2D eigenvalue weighted by atomic mass is 10.0. The summed E-state index contributed by atoms with van der Waals surface area (Å²) in [5.74, 6) is -1.68. The highest BCUT2D eigenvalue weighted by molar-refractivity contribution is 6.10. The van der Waals surface area contributed by atoms with E-state index in [-0.39, 0.29) is 17.7 Å². The molecule has 28 heavy (non-hydrogen) atoms. The van der Waals surface area contributed by atoms with Gasteiger partial charge in [0.1, 0.15) is 11.6 Å². The lowest BCUT2D eigenvalue weighted by Crippen LogP contribution is -2.14. The van der Waals surface area contributed by atoms with Crippen molar-refractivity contribution in [1.29, 1.82) is 5.26 Å². The van der Waals surface area contributed by atoms with Crippen molar-refractivity contribution in [3.8, 4) is 6.07 Å². The number of nitrogens with zero attached hydrogens (tertiary/aromatic N) is 1. The van der Waals surface area contributed by atoms with E-state index in [1.165, 1.54) is 37.5 Å². The fourth-order valence-corrected chi connectivity index (χ4v) is 2.33. The third-order valence-corrected chi connectivity index (χ3v) is 3.68.